The van der Waals surface area contributed by atoms with Crippen molar-refractivity contribution in [1.82, 2.24) is 4.98 Å². The highest BCUT2D eigenvalue weighted by atomic mass is 16.1. The lowest BCUT2D eigenvalue weighted by atomic mass is 9.93. The van der Waals surface area contributed by atoms with E-state index in [9.17, 15) is 4.79 Å². The zero-order chi connectivity index (χ0) is 10.1. The summed E-state index contributed by atoms with van der Waals surface area (Å²) < 4.78 is 0. The highest BCUT2D eigenvalue weighted by molar-refractivity contribution is 5.79. The number of ketones is 1. The van der Waals surface area contributed by atoms with Crippen LogP contribution in [0, 0.1) is 6.92 Å². The summed E-state index contributed by atoms with van der Waals surface area (Å²) in [6, 6.07) is 0. The number of H-pyrrole nitrogens is 1. The third-order valence-electron chi connectivity index (χ3n) is 3.05. The van der Waals surface area contributed by atoms with Gasteiger partial charge in [0.05, 0.1) is 0 Å². The van der Waals surface area contributed by atoms with Crippen molar-refractivity contribution in [1.29, 1.82) is 0 Å². The molecule has 0 fully saturated rings. The number of nitrogens with one attached hydrogen (secondary N) is 1. The molecular formula is C12H17NO. The zero-order valence-corrected chi connectivity index (χ0v) is 8.94. The highest BCUT2D eigenvalue weighted by Crippen LogP contribution is 2.27. The summed E-state index contributed by atoms with van der Waals surface area (Å²) in [6.07, 6.45) is 5.48. The second-order valence-corrected chi connectivity index (χ2v) is 4.27. The monoisotopic (exact) mass is 191 g/mol. The van der Waals surface area contributed by atoms with Crippen LogP contribution in [0.15, 0.2) is 0 Å². The molecule has 14 heavy (non-hydrogen) atoms. The van der Waals surface area contributed by atoms with Gasteiger partial charge >= 0.3 is 0 Å². The number of fused-ring (bicyclic) bond motifs is 1. The molecule has 0 unspecified atom stereocenters. The Labute approximate surface area is 84.7 Å². The third-order valence-corrected chi connectivity index (χ3v) is 3.05. The summed E-state index contributed by atoms with van der Waals surface area (Å²) in [5, 5.41) is 0. The van der Waals surface area contributed by atoms with Gasteiger partial charge in [-0.25, -0.2) is 0 Å². The summed E-state index contributed by atoms with van der Waals surface area (Å²) in [5.41, 5.74) is 5.29. The summed E-state index contributed by atoms with van der Waals surface area (Å²) in [5.74, 6) is 0.264. The molecule has 2 nitrogen and oxygen atoms in total. The molecule has 1 N–H and O–H groups in total. The van der Waals surface area contributed by atoms with Crippen LogP contribution in [0.3, 0.4) is 0 Å². The summed E-state index contributed by atoms with van der Waals surface area (Å²) >= 11 is 0. The van der Waals surface area contributed by atoms with Gasteiger partial charge in [0.2, 0.25) is 0 Å². The van der Waals surface area contributed by atoms with Crippen molar-refractivity contribution < 1.29 is 4.79 Å². The van der Waals surface area contributed by atoms with Crippen molar-refractivity contribution in [3.05, 3.63) is 22.5 Å². The van der Waals surface area contributed by atoms with E-state index in [4.69, 9.17) is 0 Å². The van der Waals surface area contributed by atoms with Gasteiger partial charge in [0, 0.05) is 17.8 Å². The maximum Gasteiger partial charge on any atom is 0.134 e. The van der Waals surface area contributed by atoms with Gasteiger partial charge in [0.1, 0.15) is 5.78 Å². The first kappa shape index (κ1) is 9.50. The number of hydrogen-bond donors (Lipinski definition) is 1. The fraction of sp³-hybridized carbons (Fsp3) is 0.583. The van der Waals surface area contributed by atoms with E-state index in [1.165, 1.54) is 35.4 Å². The average Bonchev–Trinajstić information content (AvgIpc) is 2.43. The Morgan fingerprint density at radius 1 is 1.36 bits per heavy atom. The number of aryl methyl sites for hydroxylation is 2. The Kier molecular flexibility index (Phi) is 2.44. The molecule has 1 aromatic heterocycles. The van der Waals surface area contributed by atoms with E-state index in [0.717, 1.165) is 12.8 Å². The Hall–Kier alpha value is -1.05. The van der Waals surface area contributed by atoms with Crippen molar-refractivity contribution in [3.8, 4) is 0 Å². The second kappa shape index (κ2) is 3.60. The van der Waals surface area contributed by atoms with Crippen molar-refractivity contribution in [3.63, 3.8) is 0 Å². The van der Waals surface area contributed by atoms with Gasteiger partial charge in [-0.05, 0) is 50.7 Å². The number of aromatic amines is 1. The molecule has 2 heteroatoms. The van der Waals surface area contributed by atoms with Crippen LogP contribution >= 0.6 is 0 Å². The van der Waals surface area contributed by atoms with E-state index in [-0.39, 0.29) is 5.78 Å². The van der Waals surface area contributed by atoms with Gasteiger partial charge in [0.15, 0.2) is 0 Å². The lowest BCUT2D eigenvalue weighted by molar-refractivity contribution is -0.116. The molecule has 1 aliphatic rings. The topological polar surface area (TPSA) is 32.9 Å². The first-order valence-corrected chi connectivity index (χ1v) is 5.37. The van der Waals surface area contributed by atoms with E-state index in [0.29, 0.717) is 6.42 Å². The Morgan fingerprint density at radius 3 is 2.79 bits per heavy atom. The number of rotatable bonds is 2. The van der Waals surface area contributed by atoms with Crippen LogP contribution in [0.2, 0.25) is 0 Å². The van der Waals surface area contributed by atoms with Crippen LogP contribution in [0.5, 0.6) is 0 Å². The third kappa shape index (κ3) is 1.61. The minimum absolute atomic E-state index is 0.264. The van der Waals surface area contributed by atoms with Crippen LogP contribution < -0.4 is 0 Å². The van der Waals surface area contributed by atoms with Gasteiger partial charge < -0.3 is 4.98 Å². The van der Waals surface area contributed by atoms with E-state index in [2.05, 4.69) is 11.9 Å². The van der Waals surface area contributed by atoms with Crippen LogP contribution in [0.1, 0.15) is 42.3 Å². The first-order valence-electron chi connectivity index (χ1n) is 5.37. The van der Waals surface area contributed by atoms with E-state index in [1.807, 2.05) is 0 Å². The SMILES string of the molecule is CC(=O)Cc1c(C)[nH]c2c1CCCC2. The average molecular weight is 191 g/mol. The fourth-order valence-corrected chi connectivity index (χ4v) is 2.39. The van der Waals surface area contributed by atoms with E-state index < -0.39 is 0 Å². The van der Waals surface area contributed by atoms with Gasteiger partial charge in [-0.1, -0.05) is 0 Å². The maximum absolute atomic E-state index is 11.1. The van der Waals surface area contributed by atoms with E-state index >= 15 is 0 Å². The maximum atomic E-state index is 11.1. The quantitative estimate of drug-likeness (QED) is 0.764. The number of carbonyl (C=O) groups excluding carboxylic acids is 1. The van der Waals surface area contributed by atoms with Crippen molar-refractivity contribution >= 4 is 5.78 Å². The summed E-state index contributed by atoms with van der Waals surface area (Å²) in [7, 11) is 0. The molecule has 0 radical (unpaired) electrons. The van der Waals surface area contributed by atoms with Crippen LogP contribution in [-0.4, -0.2) is 10.8 Å². The Morgan fingerprint density at radius 2 is 2.07 bits per heavy atom. The molecule has 0 amide bonds. The molecule has 1 aromatic rings. The van der Waals surface area contributed by atoms with Crippen LogP contribution in [0.4, 0.5) is 0 Å². The second-order valence-electron chi connectivity index (χ2n) is 4.27. The van der Waals surface area contributed by atoms with Crippen LogP contribution in [0.25, 0.3) is 0 Å². The van der Waals surface area contributed by atoms with Crippen molar-refractivity contribution in [2.75, 3.05) is 0 Å². The first-order chi connectivity index (χ1) is 6.68. The van der Waals surface area contributed by atoms with Gasteiger partial charge in [-0.15, -0.1) is 0 Å². The van der Waals surface area contributed by atoms with Gasteiger partial charge in [0.25, 0.3) is 0 Å². The molecule has 76 valence electrons. The minimum atomic E-state index is 0.264. The van der Waals surface area contributed by atoms with Gasteiger partial charge in [-0.2, -0.15) is 0 Å². The number of hydrogen-bond acceptors (Lipinski definition) is 1. The lowest BCUT2D eigenvalue weighted by Gasteiger charge is -2.12. The Bertz CT molecular complexity index is 363. The zero-order valence-electron chi connectivity index (χ0n) is 8.94. The molecule has 1 aliphatic carbocycles. The fourth-order valence-electron chi connectivity index (χ4n) is 2.39. The summed E-state index contributed by atoms with van der Waals surface area (Å²) in [4.78, 5) is 14.6. The minimum Gasteiger partial charge on any atom is -0.362 e. The van der Waals surface area contributed by atoms with Crippen molar-refractivity contribution in [2.45, 2.75) is 46.0 Å². The highest BCUT2D eigenvalue weighted by Gasteiger charge is 2.18. The smallest absolute Gasteiger partial charge is 0.134 e. The standard InChI is InChI=1S/C12H17NO/c1-8(14)7-11-9(2)13-12-6-4-3-5-10(11)12/h13H,3-7H2,1-2H3. The number of aromatic nitrogens is 1. The predicted molar refractivity (Wildman–Crippen MR) is 56.6 cm³/mol. The van der Waals surface area contributed by atoms with Crippen molar-refractivity contribution in [2.24, 2.45) is 0 Å². The molecule has 0 bridgehead atoms. The molecule has 0 aliphatic heterocycles. The summed E-state index contributed by atoms with van der Waals surface area (Å²) in [6.45, 7) is 3.75. The molecule has 2 rings (SSSR count). The normalized spacial score (nSPS) is 15.3. The molecule has 0 saturated heterocycles. The van der Waals surface area contributed by atoms with Gasteiger partial charge in [-0.3, -0.25) is 4.79 Å². The van der Waals surface area contributed by atoms with E-state index in [1.54, 1.807) is 6.92 Å². The Balaban J connectivity index is 2.37. The predicted octanol–water partition coefficient (Wildman–Crippen LogP) is 2.33. The molecular weight excluding hydrogens is 174 g/mol. The molecule has 0 saturated carbocycles. The lowest BCUT2D eigenvalue weighted by Crippen LogP contribution is -2.05. The molecule has 0 aromatic carbocycles. The molecule has 1 heterocycles. The van der Waals surface area contributed by atoms with Crippen LogP contribution in [-0.2, 0) is 24.1 Å². The molecule has 0 atom stereocenters. The number of Topliss-reactive ketones (excluding diaryl/α,β-unsaturated/α-hetero) is 1. The largest absolute Gasteiger partial charge is 0.362 e. The molecule has 0 spiro atoms. The number of carbonyl (C=O) groups is 1.